The molecule has 4 rings (SSSR count). The molecule has 7 heteroatoms. The van der Waals surface area contributed by atoms with E-state index in [1.54, 1.807) is 12.1 Å². The van der Waals surface area contributed by atoms with Gasteiger partial charge in [0.25, 0.3) is 5.91 Å². The van der Waals surface area contributed by atoms with Crippen molar-refractivity contribution in [2.24, 2.45) is 5.92 Å². The summed E-state index contributed by atoms with van der Waals surface area (Å²) in [6.07, 6.45) is 8.34. The molecule has 172 valence electrons. The van der Waals surface area contributed by atoms with E-state index in [0.717, 1.165) is 57.2 Å². The monoisotopic (exact) mass is 439 g/mol. The van der Waals surface area contributed by atoms with Crippen molar-refractivity contribution in [3.05, 3.63) is 41.8 Å². The maximum Gasteiger partial charge on any atom is 0.294 e. The Morgan fingerprint density at radius 3 is 2.78 bits per heavy atom. The number of likely N-dealkylation sites (tertiary alicyclic amines) is 1. The Morgan fingerprint density at radius 2 is 1.97 bits per heavy atom. The highest BCUT2D eigenvalue weighted by Crippen LogP contribution is 2.31. The second kappa shape index (κ2) is 10.7. The highest BCUT2D eigenvalue weighted by molar-refractivity contribution is 6.03. The SMILES string of the molecule is CCCOc1ccccc1NC(=O)c1cc([C@H]2CCCN(C(=O)C3CCCCC3)C2)no1. The highest BCUT2D eigenvalue weighted by atomic mass is 16.5. The van der Waals surface area contributed by atoms with Gasteiger partial charge < -0.3 is 19.5 Å². The molecule has 0 spiro atoms. The van der Waals surface area contributed by atoms with Gasteiger partial charge in [0.15, 0.2) is 0 Å². The fourth-order valence-electron chi connectivity index (χ4n) is 4.71. The van der Waals surface area contributed by atoms with Gasteiger partial charge in [0.2, 0.25) is 11.7 Å². The molecule has 2 heterocycles. The minimum Gasteiger partial charge on any atom is -0.491 e. The molecule has 2 aromatic rings. The van der Waals surface area contributed by atoms with Crippen molar-refractivity contribution < 1.29 is 18.8 Å². The quantitative estimate of drug-likeness (QED) is 0.656. The average molecular weight is 440 g/mol. The van der Waals surface area contributed by atoms with Crippen LogP contribution in [0.25, 0.3) is 0 Å². The van der Waals surface area contributed by atoms with Crippen molar-refractivity contribution in [3.63, 3.8) is 0 Å². The molecule has 1 aliphatic heterocycles. The number of hydrogen-bond donors (Lipinski definition) is 1. The minimum absolute atomic E-state index is 0.0989. The Hall–Kier alpha value is -2.83. The summed E-state index contributed by atoms with van der Waals surface area (Å²) in [5, 5.41) is 7.04. The van der Waals surface area contributed by atoms with Crippen LogP contribution in [0.3, 0.4) is 0 Å². The maximum atomic E-state index is 13.0. The summed E-state index contributed by atoms with van der Waals surface area (Å²) in [6.45, 7) is 4.08. The number of amides is 2. The molecule has 1 N–H and O–H groups in total. The van der Waals surface area contributed by atoms with E-state index < -0.39 is 0 Å². The molecule has 2 fully saturated rings. The first-order chi connectivity index (χ1) is 15.7. The predicted molar refractivity (Wildman–Crippen MR) is 122 cm³/mol. The summed E-state index contributed by atoms with van der Waals surface area (Å²) in [4.78, 5) is 27.7. The van der Waals surface area contributed by atoms with Gasteiger partial charge in [-0.05, 0) is 44.2 Å². The van der Waals surface area contributed by atoms with Crippen molar-refractivity contribution in [1.82, 2.24) is 10.1 Å². The van der Waals surface area contributed by atoms with E-state index in [1.807, 2.05) is 30.0 Å². The summed E-state index contributed by atoms with van der Waals surface area (Å²) in [5.74, 6) is 1.01. The average Bonchev–Trinajstić information content (AvgIpc) is 3.34. The molecule has 7 nitrogen and oxygen atoms in total. The summed E-state index contributed by atoms with van der Waals surface area (Å²) in [6, 6.07) is 9.06. The van der Waals surface area contributed by atoms with Crippen LogP contribution in [0.4, 0.5) is 5.69 Å². The number of ether oxygens (including phenoxy) is 1. The van der Waals surface area contributed by atoms with Gasteiger partial charge >= 0.3 is 0 Å². The van der Waals surface area contributed by atoms with E-state index in [-0.39, 0.29) is 23.5 Å². The number of rotatable bonds is 7. The normalized spacial score (nSPS) is 19.5. The van der Waals surface area contributed by atoms with Gasteiger partial charge in [-0.15, -0.1) is 0 Å². The van der Waals surface area contributed by atoms with Crippen LogP contribution < -0.4 is 10.1 Å². The van der Waals surface area contributed by atoms with E-state index in [1.165, 1.54) is 6.42 Å². The van der Waals surface area contributed by atoms with Crippen LogP contribution >= 0.6 is 0 Å². The van der Waals surface area contributed by atoms with Crippen LogP contribution in [0.1, 0.15) is 80.5 Å². The van der Waals surface area contributed by atoms with E-state index in [2.05, 4.69) is 10.5 Å². The van der Waals surface area contributed by atoms with Crippen LogP contribution in [0.15, 0.2) is 34.9 Å². The summed E-state index contributed by atoms with van der Waals surface area (Å²) < 4.78 is 11.1. The third kappa shape index (κ3) is 5.31. The highest BCUT2D eigenvalue weighted by Gasteiger charge is 2.31. The molecule has 1 aromatic heterocycles. The van der Waals surface area contributed by atoms with Crippen LogP contribution in [0.2, 0.25) is 0 Å². The van der Waals surface area contributed by atoms with Gasteiger partial charge in [0, 0.05) is 31.0 Å². The van der Waals surface area contributed by atoms with Gasteiger partial charge in [-0.3, -0.25) is 9.59 Å². The first-order valence-corrected chi connectivity index (χ1v) is 11.9. The number of para-hydroxylation sites is 2. The van der Waals surface area contributed by atoms with Crippen molar-refractivity contribution >= 4 is 17.5 Å². The Labute approximate surface area is 189 Å². The summed E-state index contributed by atoms with van der Waals surface area (Å²) >= 11 is 0. The second-order valence-corrected chi connectivity index (χ2v) is 8.87. The zero-order valence-corrected chi connectivity index (χ0v) is 18.8. The summed E-state index contributed by atoms with van der Waals surface area (Å²) in [7, 11) is 0. The lowest BCUT2D eigenvalue weighted by Gasteiger charge is -2.35. The number of hydrogen-bond acceptors (Lipinski definition) is 5. The number of piperidine rings is 1. The Bertz CT molecular complexity index is 919. The third-order valence-electron chi connectivity index (χ3n) is 6.45. The van der Waals surface area contributed by atoms with Crippen LogP contribution in [0.5, 0.6) is 5.75 Å². The fraction of sp³-hybridized carbons (Fsp3) is 0.560. The number of carbonyl (C=O) groups is 2. The smallest absolute Gasteiger partial charge is 0.294 e. The Morgan fingerprint density at radius 1 is 1.16 bits per heavy atom. The molecule has 1 saturated carbocycles. The number of aromatic nitrogens is 1. The predicted octanol–water partition coefficient (Wildman–Crippen LogP) is 5.00. The molecule has 1 atom stereocenters. The lowest BCUT2D eigenvalue weighted by molar-refractivity contribution is -0.137. The summed E-state index contributed by atoms with van der Waals surface area (Å²) in [5.41, 5.74) is 1.35. The topological polar surface area (TPSA) is 84.7 Å². The van der Waals surface area contributed by atoms with Crippen LogP contribution in [0, 0.1) is 5.92 Å². The van der Waals surface area contributed by atoms with Crippen molar-refractivity contribution in [2.45, 2.75) is 64.2 Å². The molecule has 0 radical (unpaired) electrons. The van der Waals surface area contributed by atoms with Crippen LogP contribution in [-0.2, 0) is 4.79 Å². The van der Waals surface area contributed by atoms with E-state index in [4.69, 9.17) is 9.26 Å². The Balaban J connectivity index is 1.39. The van der Waals surface area contributed by atoms with Gasteiger partial charge in [-0.2, -0.15) is 0 Å². The largest absolute Gasteiger partial charge is 0.491 e. The third-order valence-corrected chi connectivity index (χ3v) is 6.45. The maximum absolute atomic E-state index is 13.0. The zero-order chi connectivity index (χ0) is 22.3. The number of carbonyl (C=O) groups excluding carboxylic acids is 2. The van der Waals surface area contributed by atoms with Crippen molar-refractivity contribution in [2.75, 3.05) is 25.0 Å². The standard InChI is InChI=1S/C25H33N3O4/c1-2-15-31-22-13-7-6-12-20(22)26-24(29)23-16-21(27-32-23)19-11-8-14-28(17-19)25(30)18-9-4-3-5-10-18/h6-7,12-13,16,18-19H,2-5,8-11,14-15,17H2,1H3,(H,26,29)/t19-/m0/s1. The van der Waals surface area contributed by atoms with Crippen molar-refractivity contribution in [1.29, 1.82) is 0 Å². The number of benzene rings is 1. The number of nitrogens with zero attached hydrogens (tertiary/aromatic N) is 2. The molecule has 1 aromatic carbocycles. The number of nitrogens with one attached hydrogen (secondary N) is 1. The van der Waals surface area contributed by atoms with Gasteiger partial charge in [-0.1, -0.05) is 43.5 Å². The second-order valence-electron chi connectivity index (χ2n) is 8.87. The molecule has 2 aliphatic rings. The first-order valence-electron chi connectivity index (χ1n) is 11.9. The molecular weight excluding hydrogens is 406 g/mol. The molecule has 0 unspecified atom stereocenters. The molecule has 0 bridgehead atoms. The van der Waals surface area contributed by atoms with Gasteiger partial charge in [0.1, 0.15) is 5.75 Å². The lowest BCUT2D eigenvalue weighted by Crippen LogP contribution is -2.42. The van der Waals surface area contributed by atoms with E-state index >= 15 is 0 Å². The number of anilines is 1. The molecule has 2 amide bonds. The fourth-order valence-corrected chi connectivity index (χ4v) is 4.71. The zero-order valence-electron chi connectivity index (χ0n) is 18.8. The van der Waals surface area contributed by atoms with E-state index in [9.17, 15) is 9.59 Å². The van der Waals surface area contributed by atoms with Crippen molar-refractivity contribution in [3.8, 4) is 5.75 Å². The molecule has 1 saturated heterocycles. The Kier molecular flexibility index (Phi) is 7.45. The van der Waals surface area contributed by atoms with Gasteiger partial charge in [-0.25, -0.2) is 0 Å². The minimum atomic E-state index is -0.359. The lowest BCUT2D eigenvalue weighted by atomic mass is 9.87. The molecular formula is C25H33N3O4. The van der Waals surface area contributed by atoms with Crippen LogP contribution in [-0.4, -0.2) is 41.6 Å². The van der Waals surface area contributed by atoms with Gasteiger partial charge in [0.05, 0.1) is 18.0 Å². The molecule has 32 heavy (non-hydrogen) atoms. The molecule has 1 aliphatic carbocycles. The first kappa shape index (κ1) is 22.4. The van der Waals surface area contributed by atoms with E-state index in [0.29, 0.717) is 30.5 Å².